The third-order valence-corrected chi connectivity index (χ3v) is 6.87. The Hall–Kier alpha value is -3.20. The third kappa shape index (κ3) is 4.78. The van der Waals surface area contributed by atoms with Crippen molar-refractivity contribution in [1.29, 1.82) is 0 Å². The van der Waals surface area contributed by atoms with Crippen LogP contribution in [-0.2, 0) is 11.3 Å². The highest BCUT2D eigenvalue weighted by Crippen LogP contribution is 2.33. The Balaban J connectivity index is 1.29. The number of piperidine rings is 1. The first kappa shape index (κ1) is 21.6. The number of carbonyl (C=O) groups excluding carboxylic acids is 1. The van der Waals surface area contributed by atoms with Crippen molar-refractivity contribution in [2.24, 2.45) is 0 Å². The van der Waals surface area contributed by atoms with E-state index in [1.807, 2.05) is 55.5 Å². The van der Waals surface area contributed by atoms with E-state index in [0.717, 1.165) is 48.9 Å². The van der Waals surface area contributed by atoms with Crippen molar-refractivity contribution >= 4 is 23.6 Å². The quantitative estimate of drug-likeness (QED) is 0.532. The lowest BCUT2D eigenvalue weighted by molar-refractivity contribution is -0.120. The number of anilines is 1. The van der Waals surface area contributed by atoms with Crippen molar-refractivity contribution in [3.63, 3.8) is 0 Å². The lowest BCUT2D eigenvalue weighted by Gasteiger charge is -2.28. The van der Waals surface area contributed by atoms with Gasteiger partial charge in [0.15, 0.2) is 16.7 Å². The fourth-order valence-electron chi connectivity index (χ4n) is 4.04. The van der Waals surface area contributed by atoms with E-state index in [4.69, 9.17) is 9.47 Å². The minimum Gasteiger partial charge on any atom is -0.454 e. The number of nitrogens with zero attached hydrogens (tertiary/aromatic N) is 4. The molecule has 3 heterocycles. The summed E-state index contributed by atoms with van der Waals surface area (Å²) in [6, 6.07) is 15.8. The summed E-state index contributed by atoms with van der Waals surface area (Å²) in [4.78, 5) is 15.1. The Morgan fingerprint density at radius 1 is 1.06 bits per heavy atom. The van der Waals surface area contributed by atoms with Crippen molar-refractivity contribution in [3.05, 3.63) is 54.1 Å². The predicted molar refractivity (Wildman–Crippen MR) is 127 cm³/mol. The number of ether oxygens (including phenoxy) is 2. The molecule has 5 rings (SSSR count). The monoisotopic (exact) mass is 465 g/mol. The van der Waals surface area contributed by atoms with Crippen molar-refractivity contribution in [3.8, 4) is 17.2 Å². The van der Waals surface area contributed by atoms with Gasteiger partial charge in [-0.3, -0.25) is 9.36 Å². The first-order valence-electron chi connectivity index (χ1n) is 11.3. The Morgan fingerprint density at radius 3 is 2.67 bits per heavy atom. The number of fused-ring (bicyclic) bond motifs is 1. The normalized spacial score (nSPS) is 16.0. The van der Waals surface area contributed by atoms with E-state index in [0.29, 0.717) is 17.5 Å². The topological polar surface area (TPSA) is 81.5 Å². The molecular weight excluding hydrogens is 438 g/mol. The van der Waals surface area contributed by atoms with Crippen LogP contribution in [0.3, 0.4) is 0 Å². The molecule has 1 atom stereocenters. The van der Waals surface area contributed by atoms with E-state index in [2.05, 4.69) is 25.0 Å². The molecular formula is C24H27N5O3S. The van der Waals surface area contributed by atoms with E-state index in [1.54, 1.807) is 0 Å². The van der Waals surface area contributed by atoms with Gasteiger partial charge in [0.05, 0.1) is 10.9 Å². The molecule has 2 aromatic carbocycles. The summed E-state index contributed by atoms with van der Waals surface area (Å²) in [7, 11) is 0. The zero-order chi connectivity index (χ0) is 22.6. The Morgan fingerprint density at radius 2 is 1.85 bits per heavy atom. The first-order valence-corrected chi connectivity index (χ1v) is 12.2. The number of thioether (sulfide) groups is 1. The molecule has 2 aliphatic heterocycles. The van der Waals surface area contributed by atoms with Gasteiger partial charge in [-0.2, -0.15) is 0 Å². The molecule has 0 unspecified atom stereocenters. The number of carbonyl (C=O) groups is 1. The van der Waals surface area contributed by atoms with Crippen LogP contribution < -0.4 is 19.7 Å². The number of hydrogen-bond acceptors (Lipinski definition) is 7. The smallest absolute Gasteiger partial charge is 0.233 e. The summed E-state index contributed by atoms with van der Waals surface area (Å²) in [5.41, 5.74) is 1.96. The van der Waals surface area contributed by atoms with Crippen LogP contribution in [0.25, 0.3) is 5.69 Å². The Kier molecular flexibility index (Phi) is 6.39. The van der Waals surface area contributed by atoms with Gasteiger partial charge in [-0.15, -0.1) is 10.2 Å². The highest BCUT2D eigenvalue weighted by atomic mass is 32.2. The molecule has 8 nitrogen and oxygen atoms in total. The second kappa shape index (κ2) is 9.74. The number of para-hydroxylation sites is 1. The molecule has 1 saturated heterocycles. The Labute approximate surface area is 197 Å². The molecule has 172 valence electrons. The maximum absolute atomic E-state index is 12.9. The fraction of sp³-hybridized carbons (Fsp3) is 0.375. The van der Waals surface area contributed by atoms with Gasteiger partial charge in [-0.05, 0) is 56.0 Å². The maximum Gasteiger partial charge on any atom is 0.233 e. The summed E-state index contributed by atoms with van der Waals surface area (Å²) in [6.07, 6.45) is 3.56. The molecule has 2 aliphatic rings. The molecule has 0 spiro atoms. The number of hydrogen-bond donors (Lipinski definition) is 1. The van der Waals surface area contributed by atoms with Gasteiger partial charge < -0.3 is 19.7 Å². The molecule has 0 radical (unpaired) electrons. The van der Waals surface area contributed by atoms with Crippen LogP contribution in [0.5, 0.6) is 11.5 Å². The van der Waals surface area contributed by atoms with Crippen LogP contribution in [0.4, 0.5) is 5.95 Å². The lowest BCUT2D eigenvalue weighted by atomic mass is 10.1. The predicted octanol–water partition coefficient (Wildman–Crippen LogP) is 3.78. The van der Waals surface area contributed by atoms with Crippen molar-refractivity contribution in [1.82, 2.24) is 20.1 Å². The zero-order valence-electron chi connectivity index (χ0n) is 18.6. The molecule has 1 amide bonds. The van der Waals surface area contributed by atoms with E-state index in [-0.39, 0.29) is 18.0 Å². The van der Waals surface area contributed by atoms with E-state index in [1.165, 1.54) is 18.2 Å². The minimum absolute atomic E-state index is 0.0557. The summed E-state index contributed by atoms with van der Waals surface area (Å²) in [6.45, 7) is 4.50. The third-order valence-electron chi connectivity index (χ3n) is 5.82. The van der Waals surface area contributed by atoms with Crippen molar-refractivity contribution in [2.75, 3.05) is 24.8 Å². The summed E-state index contributed by atoms with van der Waals surface area (Å²) in [5.74, 6) is 2.24. The van der Waals surface area contributed by atoms with E-state index >= 15 is 0 Å². The van der Waals surface area contributed by atoms with E-state index in [9.17, 15) is 4.79 Å². The Bertz CT molecular complexity index is 1110. The number of nitrogens with one attached hydrogen (secondary N) is 1. The second-order valence-corrected chi connectivity index (χ2v) is 9.47. The van der Waals surface area contributed by atoms with Crippen LogP contribution in [0.15, 0.2) is 53.7 Å². The lowest BCUT2D eigenvalue weighted by Crippen LogP contribution is -2.32. The first-order chi connectivity index (χ1) is 16.2. The molecule has 0 saturated carbocycles. The molecule has 3 aromatic rings. The zero-order valence-corrected chi connectivity index (χ0v) is 19.4. The van der Waals surface area contributed by atoms with Crippen LogP contribution in [-0.4, -0.2) is 45.8 Å². The van der Waals surface area contributed by atoms with Crippen LogP contribution in [0, 0.1) is 0 Å². The van der Waals surface area contributed by atoms with Gasteiger partial charge in [0, 0.05) is 19.6 Å². The van der Waals surface area contributed by atoms with Gasteiger partial charge in [0.1, 0.15) is 0 Å². The molecule has 1 N–H and O–H groups in total. The number of amides is 1. The van der Waals surface area contributed by atoms with Crippen molar-refractivity contribution in [2.45, 2.75) is 43.1 Å². The molecule has 1 aromatic heterocycles. The average Bonchev–Trinajstić information content (AvgIpc) is 3.50. The fourth-order valence-corrected chi connectivity index (χ4v) is 4.92. The number of benzene rings is 2. The van der Waals surface area contributed by atoms with E-state index < -0.39 is 0 Å². The van der Waals surface area contributed by atoms with Crippen LogP contribution in [0.2, 0.25) is 0 Å². The maximum atomic E-state index is 12.9. The average molecular weight is 466 g/mol. The minimum atomic E-state index is -0.333. The number of aromatic nitrogens is 3. The largest absolute Gasteiger partial charge is 0.454 e. The van der Waals surface area contributed by atoms with Gasteiger partial charge in [0.2, 0.25) is 18.6 Å². The van der Waals surface area contributed by atoms with Gasteiger partial charge >= 0.3 is 0 Å². The molecule has 33 heavy (non-hydrogen) atoms. The molecule has 1 fully saturated rings. The summed E-state index contributed by atoms with van der Waals surface area (Å²) < 4.78 is 12.8. The summed E-state index contributed by atoms with van der Waals surface area (Å²) >= 11 is 1.42. The summed E-state index contributed by atoms with van der Waals surface area (Å²) in [5, 5.41) is 12.4. The standard InChI is InChI=1S/C24H27N5O3S/c1-17(22(30)25-15-18-10-11-20-21(14-18)32-16-31-20)33-24-27-26-23(28-12-6-3-7-13-28)29(24)19-8-4-2-5-9-19/h2,4-5,8-11,14,17H,3,6-7,12-13,15-16H2,1H3,(H,25,30)/t17-/m0/s1. The van der Waals surface area contributed by atoms with Crippen molar-refractivity contribution < 1.29 is 14.3 Å². The second-order valence-electron chi connectivity index (χ2n) is 8.17. The van der Waals surface area contributed by atoms with Crippen LogP contribution >= 0.6 is 11.8 Å². The SMILES string of the molecule is C[C@H](Sc1nnc(N2CCCCC2)n1-c1ccccc1)C(=O)NCc1ccc2c(c1)OCO2. The highest BCUT2D eigenvalue weighted by molar-refractivity contribution is 8.00. The van der Waals surface area contributed by atoms with Crippen LogP contribution in [0.1, 0.15) is 31.7 Å². The number of rotatable bonds is 7. The van der Waals surface area contributed by atoms with Gasteiger partial charge in [-0.25, -0.2) is 0 Å². The molecule has 0 aliphatic carbocycles. The molecule has 9 heteroatoms. The molecule has 0 bridgehead atoms. The highest BCUT2D eigenvalue weighted by Gasteiger charge is 2.24. The van der Waals surface area contributed by atoms with Gasteiger partial charge in [-0.1, -0.05) is 36.0 Å². The van der Waals surface area contributed by atoms with Gasteiger partial charge in [0.25, 0.3) is 0 Å².